The molecule has 36 heavy (non-hydrogen) atoms. The molecule has 0 saturated heterocycles. The number of rotatable bonds is 8. The zero-order chi connectivity index (χ0) is 27.1. The number of carboxylic acids is 1. The molecule has 0 bridgehead atoms. The van der Waals surface area contributed by atoms with E-state index in [0.717, 1.165) is 16.3 Å². The molecule has 0 saturated carbocycles. The van der Waals surface area contributed by atoms with E-state index in [-0.39, 0.29) is 35.0 Å². The Morgan fingerprint density at radius 1 is 1.00 bits per heavy atom. The first-order valence-corrected chi connectivity index (χ1v) is 12.1. The number of alkyl halides is 3. The van der Waals surface area contributed by atoms with E-state index in [1.54, 1.807) is 24.3 Å². The highest BCUT2D eigenvalue weighted by atomic mass is 32.2. The van der Waals surface area contributed by atoms with Gasteiger partial charge in [0, 0.05) is 18.4 Å². The van der Waals surface area contributed by atoms with Gasteiger partial charge in [-0.25, -0.2) is 18.2 Å². The molecule has 9 nitrogen and oxygen atoms in total. The number of benzene rings is 2. The number of halogens is 3. The fraction of sp³-hybridized carbons (Fsp3) is 0.261. The summed E-state index contributed by atoms with van der Waals surface area (Å²) >= 11 is 0. The molecule has 0 fully saturated rings. The lowest BCUT2D eigenvalue weighted by Gasteiger charge is -2.09. The number of carbonyl (C=O) groups is 2. The molecule has 5 N–H and O–H groups in total. The van der Waals surface area contributed by atoms with E-state index in [2.05, 4.69) is 5.10 Å². The summed E-state index contributed by atoms with van der Waals surface area (Å²) in [6, 6.07) is 13.1. The van der Waals surface area contributed by atoms with Gasteiger partial charge >= 0.3 is 12.1 Å². The molecule has 0 aliphatic heterocycles. The summed E-state index contributed by atoms with van der Waals surface area (Å²) < 4.78 is 63.2. The number of aryl methyl sites for hydroxylation is 1. The maximum Gasteiger partial charge on any atom is 0.435 e. The van der Waals surface area contributed by atoms with Crippen molar-refractivity contribution in [1.82, 2.24) is 9.78 Å². The minimum Gasteiger partial charge on any atom is -0.481 e. The van der Waals surface area contributed by atoms with Gasteiger partial charge < -0.3 is 10.8 Å². The highest BCUT2D eigenvalue weighted by Gasteiger charge is 2.35. The van der Waals surface area contributed by atoms with Crippen LogP contribution in [0.25, 0.3) is 16.9 Å². The number of nitrogens with two attached hydrogens (primary N) is 2. The lowest BCUT2D eigenvalue weighted by Crippen LogP contribution is -2.12. The van der Waals surface area contributed by atoms with Crippen LogP contribution in [0.15, 0.2) is 59.5 Å². The number of amides is 1. The van der Waals surface area contributed by atoms with Crippen molar-refractivity contribution in [2.24, 2.45) is 10.9 Å². The maximum atomic E-state index is 13.1. The van der Waals surface area contributed by atoms with Gasteiger partial charge in [-0.3, -0.25) is 9.59 Å². The molecule has 0 atom stereocenters. The second kappa shape index (κ2) is 11.8. The highest BCUT2D eigenvalue weighted by Crippen LogP contribution is 2.33. The Labute approximate surface area is 205 Å². The van der Waals surface area contributed by atoms with E-state index in [1.807, 2.05) is 6.92 Å². The Hall–Kier alpha value is -3.71. The highest BCUT2D eigenvalue weighted by molar-refractivity contribution is 7.89. The first-order chi connectivity index (χ1) is 16.7. The molecule has 194 valence electrons. The molecule has 2 aromatic carbocycles. The molecule has 1 amide bonds. The van der Waals surface area contributed by atoms with Gasteiger partial charge in [-0.15, -0.1) is 0 Å². The van der Waals surface area contributed by atoms with Crippen molar-refractivity contribution in [1.29, 1.82) is 0 Å². The minimum atomic E-state index is -4.61. The van der Waals surface area contributed by atoms with Gasteiger partial charge in [-0.1, -0.05) is 29.8 Å². The van der Waals surface area contributed by atoms with Gasteiger partial charge in [0.15, 0.2) is 5.69 Å². The maximum absolute atomic E-state index is 13.1. The van der Waals surface area contributed by atoms with Crippen molar-refractivity contribution in [3.8, 4) is 16.9 Å². The summed E-state index contributed by atoms with van der Waals surface area (Å²) in [4.78, 5) is 19.9. The predicted octanol–water partition coefficient (Wildman–Crippen LogP) is 3.63. The molecule has 0 unspecified atom stereocenters. The molecule has 0 radical (unpaired) electrons. The number of sulfonamides is 1. The summed E-state index contributed by atoms with van der Waals surface area (Å²) in [7, 11) is -3.90. The quantitative estimate of drug-likeness (QED) is 0.380. The third kappa shape index (κ3) is 8.50. The van der Waals surface area contributed by atoms with Crippen LogP contribution in [0.5, 0.6) is 0 Å². The molecular weight excluding hydrogens is 501 g/mol. The van der Waals surface area contributed by atoms with Crippen molar-refractivity contribution in [2.45, 2.75) is 43.7 Å². The minimum absolute atomic E-state index is 0.118. The van der Waals surface area contributed by atoms with Crippen LogP contribution >= 0.6 is 0 Å². The summed E-state index contributed by atoms with van der Waals surface area (Å²) in [5.74, 6) is -1.20. The monoisotopic (exact) mass is 526 g/mol. The summed E-state index contributed by atoms with van der Waals surface area (Å²) in [5, 5.41) is 16.9. The number of hydrogen-bond acceptors (Lipinski definition) is 5. The summed E-state index contributed by atoms with van der Waals surface area (Å²) in [6.45, 7) is 1.87. The van der Waals surface area contributed by atoms with Crippen molar-refractivity contribution < 1.29 is 36.3 Å². The largest absolute Gasteiger partial charge is 0.481 e. The third-order valence-electron chi connectivity index (χ3n) is 4.82. The van der Waals surface area contributed by atoms with Gasteiger partial charge in [0.25, 0.3) is 0 Å². The Bertz CT molecular complexity index is 1290. The first kappa shape index (κ1) is 28.5. The van der Waals surface area contributed by atoms with Crippen LogP contribution in [0.3, 0.4) is 0 Å². The predicted molar refractivity (Wildman–Crippen MR) is 125 cm³/mol. The van der Waals surface area contributed by atoms with E-state index >= 15 is 0 Å². The number of hydrogen-bond donors (Lipinski definition) is 3. The molecule has 1 aromatic heterocycles. The summed E-state index contributed by atoms with van der Waals surface area (Å²) in [5.41, 5.74) is 5.82. The molecule has 0 aliphatic rings. The number of carbonyl (C=O) groups excluding carboxylic acids is 1. The third-order valence-corrected chi connectivity index (χ3v) is 5.75. The number of aliphatic carboxylic acids is 1. The normalized spacial score (nSPS) is 11.5. The topological polar surface area (TPSA) is 158 Å². The molecule has 3 rings (SSSR count). The average Bonchev–Trinajstić information content (AvgIpc) is 3.23. The zero-order valence-electron chi connectivity index (χ0n) is 19.2. The standard InChI is InChI=1S/C17H14F3N3O2S.C6H11NO3/c1-11-2-4-12(5-3-11)15-10-16(17(18,19)20)22-23(15)13-6-8-14(9-7-13)26(21,24)25;7-5(8)3-1-2-4-6(9)10/h2-10H,1H3,(H2,21,24,25);1-4H2,(H2,7,8)(H,9,10). The number of primary sulfonamides is 1. The molecule has 1 heterocycles. The molecule has 3 aromatic rings. The molecule has 0 spiro atoms. The number of aromatic nitrogens is 2. The Balaban J connectivity index is 0.000000388. The van der Waals surface area contributed by atoms with Crippen LogP contribution in [-0.2, 0) is 25.8 Å². The van der Waals surface area contributed by atoms with Crippen molar-refractivity contribution in [3.05, 3.63) is 65.9 Å². The van der Waals surface area contributed by atoms with E-state index in [4.69, 9.17) is 16.0 Å². The van der Waals surface area contributed by atoms with Gasteiger partial charge in [0.2, 0.25) is 15.9 Å². The Morgan fingerprint density at radius 3 is 2.03 bits per heavy atom. The van der Waals surface area contributed by atoms with Crippen LogP contribution < -0.4 is 10.9 Å². The lowest BCUT2D eigenvalue weighted by atomic mass is 10.1. The van der Waals surface area contributed by atoms with Gasteiger partial charge in [0.05, 0.1) is 16.3 Å². The molecular formula is C23H25F3N4O5S. The van der Waals surface area contributed by atoms with E-state index in [1.165, 1.54) is 24.3 Å². The number of carboxylic acid groups (broad SMARTS) is 1. The van der Waals surface area contributed by atoms with Gasteiger partial charge in [0.1, 0.15) is 0 Å². The fourth-order valence-electron chi connectivity index (χ4n) is 3.00. The second-order valence-electron chi connectivity index (χ2n) is 7.80. The number of primary amides is 1. The van der Waals surface area contributed by atoms with E-state index in [0.29, 0.717) is 18.4 Å². The summed E-state index contributed by atoms with van der Waals surface area (Å²) in [6.07, 6.45) is -3.11. The number of nitrogens with zero attached hydrogens (tertiary/aromatic N) is 2. The smallest absolute Gasteiger partial charge is 0.435 e. The van der Waals surface area contributed by atoms with E-state index < -0.39 is 27.9 Å². The van der Waals surface area contributed by atoms with Gasteiger partial charge in [-0.2, -0.15) is 18.3 Å². The number of unbranched alkanes of at least 4 members (excludes halogenated alkanes) is 1. The van der Waals surface area contributed by atoms with Crippen LogP contribution in [0, 0.1) is 6.92 Å². The zero-order valence-corrected chi connectivity index (χ0v) is 20.0. The Kier molecular flexibility index (Phi) is 9.36. The lowest BCUT2D eigenvalue weighted by molar-refractivity contribution is -0.141. The van der Waals surface area contributed by atoms with Crippen LogP contribution in [0.1, 0.15) is 36.9 Å². The Morgan fingerprint density at radius 2 is 1.56 bits per heavy atom. The second-order valence-corrected chi connectivity index (χ2v) is 9.36. The van der Waals surface area contributed by atoms with Crippen molar-refractivity contribution in [3.63, 3.8) is 0 Å². The van der Waals surface area contributed by atoms with E-state index in [9.17, 15) is 31.2 Å². The molecule has 13 heteroatoms. The van der Waals surface area contributed by atoms with Crippen molar-refractivity contribution >= 4 is 21.9 Å². The van der Waals surface area contributed by atoms with Crippen LogP contribution in [-0.4, -0.2) is 35.2 Å². The van der Waals surface area contributed by atoms with Gasteiger partial charge in [-0.05, 0) is 50.1 Å². The first-order valence-electron chi connectivity index (χ1n) is 10.6. The SMILES string of the molecule is Cc1ccc(-c2cc(C(F)(F)F)nn2-c2ccc(S(N)(=O)=O)cc2)cc1.NC(=O)CCCCC(=O)O. The average molecular weight is 527 g/mol. The van der Waals surface area contributed by atoms with Crippen LogP contribution in [0.2, 0.25) is 0 Å². The van der Waals surface area contributed by atoms with Crippen LogP contribution in [0.4, 0.5) is 13.2 Å². The fourth-order valence-corrected chi connectivity index (χ4v) is 3.51. The molecule has 0 aliphatic carbocycles. The van der Waals surface area contributed by atoms with Crippen molar-refractivity contribution in [2.75, 3.05) is 0 Å².